The van der Waals surface area contributed by atoms with Crippen molar-refractivity contribution in [3.63, 3.8) is 0 Å². The fourth-order valence-corrected chi connectivity index (χ4v) is 6.88. The molecule has 6 rings (SSSR count). The first-order valence-electron chi connectivity index (χ1n) is 13.3. The Labute approximate surface area is 230 Å². The van der Waals surface area contributed by atoms with E-state index in [0.29, 0.717) is 18.2 Å². The van der Waals surface area contributed by atoms with Crippen LogP contribution in [0.5, 0.6) is 5.75 Å². The number of rotatable bonds is 7. The highest BCUT2D eigenvalue weighted by Crippen LogP contribution is 2.50. The Kier molecular flexibility index (Phi) is 6.65. The maximum absolute atomic E-state index is 13.3. The van der Waals surface area contributed by atoms with Crippen molar-refractivity contribution in [3.8, 4) is 5.75 Å². The number of anilines is 2. The van der Waals surface area contributed by atoms with E-state index in [1.807, 2.05) is 74.5 Å². The number of nitrogens with one attached hydrogen (secondary N) is 2. The van der Waals surface area contributed by atoms with Gasteiger partial charge in [0.2, 0.25) is 0 Å². The largest absolute Gasteiger partial charge is 0.489 e. The monoisotopic (exact) mass is 536 g/mol. The van der Waals surface area contributed by atoms with Gasteiger partial charge < -0.3 is 10.1 Å². The van der Waals surface area contributed by atoms with Crippen molar-refractivity contribution < 1.29 is 13.2 Å². The zero-order valence-electron chi connectivity index (χ0n) is 22.1. The van der Waals surface area contributed by atoms with Crippen LogP contribution in [-0.2, 0) is 16.6 Å². The highest BCUT2D eigenvalue weighted by Gasteiger charge is 2.38. The summed E-state index contributed by atoms with van der Waals surface area (Å²) in [6.07, 6.45) is 5.37. The number of benzene rings is 4. The van der Waals surface area contributed by atoms with Gasteiger partial charge in [-0.25, -0.2) is 8.42 Å². The third-order valence-electron chi connectivity index (χ3n) is 7.76. The average molecular weight is 537 g/mol. The van der Waals surface area contributed by atoms with Crippen molar-refractivity contribution in [3.05, 3.63) is 131 Å². The zero-order chi connectivity index (χ0) is 27.0. The van der Waals surface area contributed by atoms with E-state index in [4.69, 9.17) is 4.74 Å². The van der Waals surface area contributed by atoms with Gasteiger partial charge in [-0.2, -0.15) is 0 Å². The predicted octanol–water partition coefficient (Wildman–Crippen LogP) is 7.51. The Morgan fingerprint density at radius 3 is 2.49 bits per heavy atom. The molecule has 6 heteroatoms. The smallest absolute Gasteiger partial charge is 0.261 e. The molecule has 4 aromatic carbocycles. The molecule has 0 aromatic heterocycles. The third kappa shape index (κ3) is 5.17. The lowest BCUT2D eigenvalue weighted by molar-refractivity contribution is 0.306. The van der Waals surface area contributed by atoms with Gasteiger partial charge in [-0.1, -0.05) is 72.3 Å². The maximum atomic E-state index is 13.3. The lowest BCUT2D eigenvalue weighted by Crippen LogP contribution is -2.29. The van der Waals surface area contributed by atoms with Gasteiger partial charge in [-0.05, 0) is 84.8 Å². The molecule has 0 saturated carbocycles. The Morgan fingerprint density at radius 2 is 1.72 bits per heavy atom. The van der Waals surface area contributed by atoms with Gasteiger partial charge in [0.1, 0.15) is 12.4 Å². The first kappa shape index (κ1) is 25.3. The average Bonchev–Trinajstić information content (AvgIpc) is 3.44. The predicted molar refractivity (Wildman–Crippen MR) is 157 cm³/mol. The van der Waals surface area contributed by atoms with Gasteiger partial charge in [0.15, 0.2) is 0 Å². The van der Waals surface area contributed by atoms with Crippen molar-refractivity contribution in [1.82, 2.24) is 0 Å². The van der Waals surface area contributed by atoms with Gasteiger partial charge in [-0.15, -0.1) is 0 Å². The van der Waals surface area contributed by atoms with Crippen LogP contribution in [0.1, 0.15) is 46.2 Å². The molecular weight excluding hydrogens is 504 g/mol. The van der Waals surface area contributed by atoms with E-state index in [1.165, 1.54) is 5.56 Å². The van der Waals surface area contributed by atoms with Crippen LogP contribution < -0.4 is 14.8 Å². The topological polar surface area (TPSA) is 67.4 Å². The van der Waals surface area contributed by atoms with E-state index in [1.54, 1.807) is 6.07 Å². The molecule has 1 heterocycles. The SMILES string of the molecule is Cc1ccc(NS(=O)(=O)c2ccc3c(c2)C2C=CCC2C(c2ccc(OCc4ccccc4)cc2)N3)c(C)c1. The van der Waals surface area contributed by atoms with Crippen LogP contribution in [0, 0.1) is 19.8 Å². The van der Waals surface area contributed by atoms with Crippen molar-refractivity contribution in [2.24, 2.45) is 5.92 Å². The van der Waals surface area contributed by atoms with E-state index in [-0.39, 0.29) is 16.9 Å². The number of aryl methyl sites for hydroxylation is 2. The van der Waals surface area contributed by atoms with Gasteiger partial charge in [0.25, 0.3) is 10.0 Å². The number of sulfonamides is 1. The van der Waals surface area contributed by atoms with E-state index < -0.39 is 10.0 Å². The minimum absolute atomic E-state index is 0.122. The van der Waals surface area contributed by atoms with Crippen LogP contribution >= 0.6 is 0 Å². The fraction of sp³-hybridized carbons (Fsp3) is 0.212. The number of fused-ring (bicyclic) bond motifs is 3. The molecule has 1 aliphatic carbocycles. The molecule has 0 radical (unpaired) electrons. The van der Waals surface area contributed by atoms with Gasteiger partial charge >= 0.3 is 0 Å². The lowest BCUT2D eigenvalue weighted by Gasteiger charge is -2.37. The highest BCUT2D eigenvalue weighted by atomic mass is 32.2. The van der Waals surface area contributed by atoms with Crippen LogP contribution in [0.3, 0.4) is 0 Å². The van der Waals surface area contributed by atoms with Crippen LogP contribution in [0.25, 0.3) is 0 Å². The molecule has 3 unspecified atom stereocenters. The summed E-state index contributed by atoms with van der Waals surface area (Å²) >= 11 is 0. The maximum Gasteiger partial charge on any atom is 0.261 e. The molecule has 0 amide bonds. The second-order valence-electron chi connectivity index (χ2n) is 10.5. The molecule has 0 bridgehead atoms. The Morgan fingerprint density at radius 1 is 0.923 bits per heavy atom. The second kappa shape index (κ2) is 10.3. The summed E-state index contributed by atoms with van der Waals surface area (Å²) in [7, 11) is -3.72. The minimum Gasteiger partial charge on any atom is -0.489 e. The van der Waals surface area contributed by atoms with Crippen LogP contribution in [0.4, 0.5) is 11.4 Å². The molecule has 39 heavy (non-hydrogen) atoms. The summed E-state index contributed by atoms with van der Waals surface area (Å²) in [5, 5.41) is 3.71. The first-order valence-corrected chi connectivity index (χ1v) is 14.8. The molecule has 0 saturated heterocycles. The summed E-state index contributed by atoms with van der Waals surface area (Å²) in [4.78, 5) is 0.278. The Bertz CT molecular complexity index is 1630. The molecule has 2 aliphatic rings. The summed E-state index contributed by atoms with van der Waals surface area (Å²) in [5.74, 6) is 1.29. The Hall–Kier alpha value is -4.03. The fourth-order valence-electron chi connectivity index (χ4n) is 5.71. The molecule has 0 spiro atoms. The van der Waals surface area contributed by atoms with E-state index in [2.05, 4.69) is 46.5 Å². The van der Waals surface area contributed by atoms with Gasteiger partial charge in [0, 0.05) is 11.6 Å². The molecule has 4 aromatic rings. The summed E-state index contributed by atoms with van der Waals surface area (Å²) in [6, 6.07) is 29.7. The van der Waals surface area contributed by atoms with E-state index in [9.17, 15) is 8.42 Å². The second-order valence-corrected chi connectivity index (χ2v) is 12.2. The molecule has 3 atom stereocenters. The van der Waals surface area contributed by atoms with Crippen molar-refractivity contribution in [1.29, 1.82) is 0 Å². The normalized spacial score (nSPS) is 19.6. The van der Waals surface area contributed by atoms with Crippen molar-refractivity contribution >= 4 is 21.4 Å². The first-order chi connectivity index (χ1) is 18.9. The van der Waals surface area contributed by atoms with E-state index in [0.717, 1.165) is 40.1 Å². The van der Waals surface area contributed by atoms with Crippen LogP contribution in [0.15, 0.2) is 108 Å². The van der Waals surface area contributed by atoms with Gasteiger partial charge in [-0.3, -0.25) is 4.72 Å². The summed E-state index contributed by atoms with van der Waals surface area (Å²) < 4.78 is 35.4. The molecule has 2 N–H and O–H groups in total. The number of ether oxygens (including phenoxy) is 1. The lowest BCUT2D eigenvalue weighted by atomic mass is 9.77. The van der Waals surface area contributed by atoms with Gasteiger partial charge in [0.05, 0.1) is 16.6 Å². The molecule has 0 fully saturated rings. The van der Waals surface area contributed by atoms with Crippen LogP contribution in [-0.4, -0.2) is 8.42 Å². The van der Waals surface area contributed by atoms with Crippen molar-refractivity contribution in [2.45, 2.75) is 43.7 Å². The highest BCUT2D eigenvalue weighted by molar-refractivity contribution is 7.92. The quantitative estimate of drug-likeness (QED) is 0.240. The van der Waals surface area contributed by atoms with Crippen LogP contribution in [0.2, 0.25) is 0 Å². The standard InChI is InChI=1S/C33H32N2O3S/c1-22-11-17-31(23(2)19-22)35-39(36,37)27-16-18-32-30(20-27)28-9-6-10-29(28)33(34-32)25-12-14-26(15-13-25)38-21-24-7-4-3-5-8-24/h3-9,11-20,28-29,33-35H,10,21H2,1-2H3. The third-order valence-corrected chi connectivity index (χ3v) is 9.12. The molecule has 5 nitrogen and oxygen atoms in total. The zero-order valence-corrected chi connectivity index (χ0v) is 22.9. The van der Waals surface area contributed by atoms with E-state index >= 15 is 0 Å². The summed E-state index contributed by atoms with van der Waals surface area (Å²) in [6.45, 7) is 4.44. The number of hydrogen-bond acceptors (Lipinski definition) is 4. The number of hydrogen-bond donors (Lipinski definition) is 2. The molecule has 1 aliphatic heterocycles. The molecular formula is C33H32N2O3S. The number of allylic oxidation sites excluding steroid dienone is 2. The molecule has 198 valence electrons. The summed E-state index contributed by atoms with van der Waals surface area (Å²) in [5.41, 5.74) is 6.93. The van der Waals surface area contributed by atoms with Crippen molar-refractivity contribution in [2.75, 3.05) is 10.0 Å². The minimum atomic E-state index is -3.72. The Balaban J connectivity index is 1.22.